The average molecular weight is 314 g/mol. The van der Waals surface area contributed by atoms with Crippen LogP contribution in [-0.2, 0) is 6.54 Å². The molecule has 24 heavy (non-hydrogen) atoms. The second-order valence-electron chi connectivity index (χ2n) is 5.68. The predicted octanol–water partition coefficient (Wildman–Crippen LogP) is 3.05. The Bertz CT molecular complexity index is 1050. The Kier molecular flexibility index (Phi) is 3.32. The Morgan fingerprint density at radius 3 is 2.83 bits per heavy atom. The number of aromatic nitrogens is 5. The fourth-order valence-electron chi connectivity index (χ4n) is 2.91. The molecule has 0 aliphatic heterocycles. The van der Waals surface area contributed by atoms with Crippen molar-refractivity contribution < 1.29 is 0 Å². The summed E-state index contributed by atoms with van der Waals surface area (Å²) in [5, 5.41) is 24.4. The number of benzene rings is 2. The first-order chi connectivity index (χ1) is 11.8. The molecule has 116 valence electrons. The summed E-state index contributed by atoms with van der Waals surface area (Å²) in [6.45, 7) is 2.83. The maximum atomic E-state index is 9.48. The number of H-pyrrole nitrogens is 1. The van der Waals surface area contributed by atoms with Gasteiger partial charge in [-0.1, -0.05) is 24.3 Å². The van der Waals surface area contributed by atoms with Gasteiger partial charge in [0.2, 0.25) is 5.82 Å². The molecule has 0 spiro atoms. The van der Waals surface area contributed by atoms with Crippen LogP contribution < -0.4 is 0 Å². The molecule has 0 aliphatic rings. The highest BCUT2D eigenvalue weighted by Crippen LogP contribution is 2.27. The fourth-order valence-corrected chi connectivity index (χ4v) is 2.91. The van der Waals surface area contributed by atoms with Crippen LogP contribution in [-0.4, -0.2) is 25.2 Å². The van der Waals surface area contributed by atoms with E-state index < -0.39 is 0 Å². The lowest BCUT2D eigenvalue weighted by Crippen LogP contribution is -1.99. The van der Waals surface area contributed by atoms with Crippen molar-refractivity contribution in [3.63, 3.8) is 0 Å². The molecular weight excluding hydrogens is 300 g/mol. The van der Waals surface area contributed by atoms with Gasteiger partial charge in [0.05, 0.1) is 5.56 Å². The molecular formula is C18H14N6. The highest BCUT2D eigenvalue weighted by atomic mass is 15.5. The molecule has 1 N–H and O–H groups in total. The van der Waals surface area contributed by atoms with E-state index >= 15 is 0 Å². The van der Waals surface area contributed by atoms with E-state index in [0.717, 1.165) is 23.0 Å². The van der Waals surface area contributed by atoms with Gasteiger partial charge in [0.25, 0.3) is 0 Å². The van der Waals surface area contributed by atoms with E-state index in [0.29, 0.717) is 11.4 Å². The summed E-state index contributed by atoms with van der Waals surface area (Å²) < 4.78 is 2.11. The number of hydrogen-bond acceptors (Lipinski definition) is 4. The van der Waals surface area contributed by atoms with Crippen molar-refractivity contribution in [3.05, 3.63) is 65.4 Å². The minimum Gasteiger partial charge on any atom is -0.342 e. The van der Waals surface area contributed by atoms with Crippen LogP contribution >= 0.6 is 0 Å². The molecule has 2 heterocycles. The second kappa shape index (κ2) is 5.63. The molecule has 6 nitrogen and oxygen atoms in total. The molecule has 0 bridgehead atoms. The number of aromatic amines is 1. The lowest BCUT2D eigenvalue weighted by Gasteiger charge is -2.08. The molecule has 4 rings (SSSR count). The van der Waals surface area contributed by atoms with E-state index in [1.165, 1.54) is 11.1 Å². The number of aryl methyl sites for hydroxylation is 1. The van der Waals surface area contributed by atoms with E-state index in [9.17, 15) is 5.26 Å². The molecule has 2 aromatic heterocycles. The van der Waals surface area contributed by atoms with Crippen LogP contribution in [0.5, 0.6) is 0 Å². The molecule has 0 unspecified atom stereocenters. The van der Waals surface area contributed by atoms with Gasteiger partial charge in [-0.05, 0) is 41.5 Å². The standard InChI is InChI=1S/C18H14N6/c1-12-4-2-3-5-14(12)10-24-11-15(9-19)16-8-13(6-7-17(16)24)18-20-22-23-21-18/h2-8,11H,10H2,1H3,(H,20,21,22,23). The average Bonchev–Trinajstić information content (AvgIpc) is 3.25. The Hall–Kier alpha value is -3.46. The third-order valence-electron chi connectivity index (χ3n) is 4.21. The molecule has 0 aliphatic carbocycles. The summed E-state index contributed by atoms with van der Waals surface area (Å²) >= 11 is 0. The van der Waals surface area contributed by atoms with Crippen molar-refractivity contribution in [2.45, 2.75) is 13.5 Å². The van der Waals surface area contributed by atoms with Crippen LogP contribution in [0.2, 0.25) is 0 Å². The van der Waals surface area contributed by atoms with Crippen LogP contribution in [0.1, 0.15) is 16.7 Å². The lowest BCUT2D eigenvalue weighted by atomic mass is 10.1. The van der Waals surface area contributed by atoms with Crippen molar-refractivity contribution in [1.82, 2.24) is 25.2 Å². The number of rotatable bonds is 3. The van der Waals surface area contributed by atoms with Crippen LogP contribution in [0, 0.1) is 18.3 Å². The molecule has 0 atom stereocenters. The summed E-state index contributed by atoms with van der Waals surface area (Å²) in [4.78, 5) is 0. The predicted molar refractivity (Wildman–Crippen MR) is 90.1 cm³/mol. The summed E-state index contributed by atoms with van der Waals surface area (Å²) in [6.07, 6.45) is 1.90. The number of nitriles is 1. The Labute approximate surface area is 138 Å². The Morgan fingerprint density at radius 1 is 1.21 bits per heavy atom. The zero-order valence-corrected chi connectivity index (χ0v) is 13.1. The quantitative estimate of drug-likeness (QED) is 0.630. The van der Waals surface area contributed by atoms with Crippen LogP contribution in [0.3, 0.4) is 0 Å². The van der Waals surface area contributed by atoms with Crippen LogP contribution in [0.15, 0.2) is 48.7 Å². The lowest BCUT2D eigenvalue weighted by molar-refractivity contribution is 0.829. The number of nitrogens with one attached hydrogen (secondary N) is 1. The molecule has 0 saturated heterocycles. The zero-order valence-electron chi connectivity index (χ0n) is 13.1. The molecule has 0 saturated carbocycles. The zero-order chi connectivity index (χ0) is 16.5. The Balaban J connectivity index is 1.83. The molecule has 2 aromatic carbocycles. The normalized spacial score (nSPS) is 10.8. The fraction of sp³-hybridized carbons (Fsp3) is 0.111. The largest absolute Gasteiger partial charge is 0.342 e. The summed E-state index contributed by atoms with van der Waals surface area (Å²) in [7, 11) is 0. The van der Waals surface area contributed by atoms with Crippen LogP contribution in [0.4, 0.5) is 0 Å². The smallest absolute Gasteiger partial charge is 0.204 e. The van der Waals surface area contributed by atoms with Gasteiger partial charge in [-0.2, -0.15) is 10.5 Å². The topological polar surface area (TPSA) is 83.2 Å². The van der Waals surface area contributed by atoms with Gasteiger partial charge in [0.15, 0.2) is 0 Å². The SMILES string of the molecule is Cc1ccccc1Cn1cc(C#N)c2cc(-c3nn[nH]n3)ccc21. The monoisotopic (exact) mass is 314 g/mol. The highest BCUT2D eigenvalue weighted by Gasteiger charge is 2.12. The number of nitrogens with zero attached hydrogens (tertiary/aromatic N) is 5. The van der Waals surface area contributed by atoms with E-state index in [1.807, 2.05) is 36.5 Å². The highest BCUT2D eigenvalue weighted by molar-refractivity contribution is 5.89. The first-order valence-corrected chi connectivity index (χ1v) is 7.57. The number of fused-ring (bicyclic) bond motifs is 1. The third-order valence-corrected chi connectivity index (χ3v) is 4.21. The molecule has 0 radical (unpaired) electrons. The van der Waals surface area contributed by atoms with Crippen LogP contribution in [0.25, 0.3) is 22.3 Å². The summed E-state index contributed by atoms with van der Waals surface area (Å²) in [5.74, 6) is 0.521. The van der Waals surface area contributed by atoms with Gasteiger partial charge in [0, 0.05) is 29.2 Å². The third kappa shape index (κ3) is 2.32. The first-order valence-electron chi connectivity index (χ1n) is 7.57. The van der Waals surface area contributed by atoms with Crippen molar-refractivity contribution in [2.24, 2.45) is 0 Å². The Morgan fingerprint density at radius 2 is 2.08 bits per heavy atom. The molecule has 4 aromatic rings. The van der Waals surface area contributed by atoms with Gasteiger partial charge in [0.1, 0.15) is 6.07 Å². The van der Waals surface area contributed by atoms with E-state index in [4.69, 9.17) is 0 Å². The summed E-state index contributed by atoms with van der Waals surface area (Å²) in [5.41, 5.74) is 4.97. The number of hydrogen-bond donors (Lipinski definition) is 1. The van der Waals surface area contributed by atoms with E-state index in [2.05, 4.69) is 50.3 Å². The van der Waals surface area contributed by atoms with Gasteiger partial charge in [-0.15, -0.1) is 10.2 Å². The van der Waals surface area contributed by atoms with Gasteiger partial charge < -0.3 is 4.57 Å². The molecule has 0 amide bonds. The van der Waals surface area contributed by atoms with Gasteiger partial charge in [-0.3, -0.25) is 0 Å². The van der Waals surface area contributed by atoms with Crippen molar-refractivity contribution in [3.8, 4) is 17.5 Å². The van der Waals surface area contributed by atoms with E-state index in [-0.39, 0.29) is 0 Å². The van der Waals surface area contributed by atoms with Crippen molar-refractivity contribution >= 4 is 10.9 Å². The molecule has 0 fully saturated rings. The van der Waals surface area contributed by atoms with Gasteiger partial charge >= 0.3 is 0 Å². The number of tetrazole rings is 1. The summed E-state index contributed by atoms with van der Waals surface area (Å²) in [6, 6.07) is 16.4. The van der Waals surface area contributed by atoms with Crippen molar-refractivity contribution in [1.29, 1.82) is 5.26 Å². The first kappa shape index (κ1) is 14.2. The van der Waals surface area contributed by atoms with Crippen molar-refractivity contribution in [2.75, 3.05) is 0 Å². The maximum Gasteiger partial charge on any atom is 0.204 e. The molecule has 6 heteroatoms. The van der Waals surface area contributed by atoms with E-state index in [1.54, 1.807) is 0 Å². The van der Waals surface area contributed by atoms with Gasteiger partial charge in [-0.25, -0.2) is 0 Å². The maximum absolute atomic E-state index is 9.48. The minimum absolute atomic E-state index is 0.521. The second-order valence-corrected chi connectivity index (χ2v) is 5.68. The minimum atomic E-state index is 0.521.